The molecule has 0 aromatic heterocycles. The summed E-state index contributed by atoms with van der Waals surface area (Å²) in [7, 11) is -3.40. The van der Waals surface area contributed by atoms with Gasteiger partial charge in [-0.15, -0.1) is 6.58 Å². The predicted octanol–water partition coefficient (Wildman–Crippen LogP) is 1.64. The first-order valence-electron chi connectivity index (χ1n) is 5.67. The van der Waals surface area contributed by atoms with Crippen molar-refractivity contribution >= 4 is 21.4 Å². The lowest BCUT2D eigenvalue weighted by atomic mass is 10.3. The van der Waals surface area contributed by atoms with E-state index in [4.69, 9.17) is 0 Å². The van der Waals surface area contributed by atoms with E-state index >= 15 is 0 Å². The fourth-order valence-corrected chi connectivity index (χ4v) is 2.62. The van der Waals surface area contributed by atoms with E-state index in [0.29, 0.717) is 12.2 Å². The van der Waals surface area contributed by atoms with E-state index in [9.17, 15) is 13.2 Å². The van der Waals surface area contributed by atoms with Crippen molar-refractivity contribution in [3.63, 3.8) is 0 Å². The Kier molecular flexibility index (Phi) is 5.09. The highest BCUT2D eigenvalue weighted by Gasteiger charge is 2.20. The number of benzene rings is 1. The normalized spacial score (nSPS) is 10.9. The molecular weight excluding hydrogens is 250 g/mol. The van der Waals surface area contributed by atoms with Gasteiger partial charge in [-0.2, -0.15) is 0 Å². The van der Waals surface area contributed by atoms with Crippen molar-refractivity contribution < 1.29 is 13.2 Å². The van der Waals surface area contributed by atoms with Gasteiger partial charge in [-0.1, -0.05) is 24.3 Å². The molecule has 1 amide bonds. The standard InChI is InChI=1S/C13H17NO3S/c1-3-10-18(16,17)11-13(15)14(4-2)12-8-6-5-7-9-12/h3,5-9H,1,4,10-11H2,2H3. The minimum atomic E-state index is -3.40. The lowest BCUT2D eigenvalue weighted by Crippen LogP contribution is -2.36. The Morgan fingerprint density at radius 1 is 1.33 bits per heavy atom. The molecule has 18 heavy (non-hydrogen) atoms. The zero-order valence-electron chi connectivity index (χ0n) is 10.4. The monoisotopic (exact) mass is 267 g/mol. The van der Waals surface area contributed by atoms with Crippen LogP contribution in [0, 0.1) is 0 Å². The van der Waals surface area contributed by atoms with Crippen LogP contribution in [0.15, 0.2) is 43.0 Å². The van der Waals surface area contributed by atoms with Gasteiger partial charge in [0.25, 0.3) is 0 Å². The molecule has 1 aromatic carbocycles. The summed E-state index contributed by atoms with van der Waals surface area (Å²) in [5.41, 5.74) is 0.707. The maximum atomic E-state index is 12.0. The third-order valence-electron chi connectivity index (χ3n) is 2.40. The van der Waals surface area contributed by atoms with Crippen LogP contribution in [-0.2, 0) is 14.6 Å². The van der Waals surface area contributed by atoms with E-state index in [1.54, 1.807) is 12.1 Å². The number of hydrogen-bond acceptors (Lipinski definition) is 3. The second-order valence-corrected chi connectivity index (χ2v) is 5.93. The lowest BCUT2D eigenvalue weighted by Gasteiger charge is -2.20. The van der Waals surface area contributed by atoms with E-state index in [-0.39, 0.29) is 5.75 Å². The van der Waals surface area contributed by atoms with E-state index in [2.05, 4.69) is 6.58 Å². The molecule has 0 N–H and O–H groups in total. The average molecular weight is 267 g/mol. The second-order valence-electron chi connectivity index (χ2n) is 3.82. The Hall–Kier alpha value is -1.62. The molecule has 0 spiro atoms. The largest absolute Gasteiger partial charge is 0.312 e. The summed E-state index contributed by atoms with van der Waals surface area (Å²) < 4.78 is 23.1. The quantitative estimate of drug-likeness (QED) is 0.736. The number of amides is 1. The minimum Gasteiger partial charge on any atom is -0.312 e. The number of rotatable bonds is 6. The highest BCUT2D eigenvalue weighted by atomic mass is 32.2. The zero-order chi connectivity index (χ0) is 13.6. The topological polar surface area (TPSA) is 54.5 Å². The third-order valence-corrected chi connectivity index (χ3v) is 3.83. The SMILES string of the molecule is C=CCS(=O)(=O)CC(=O)N(CC)c1ccccc1. The Balaban J connectivity index is 2.85. The van der Waals surface area contributed by atoms with Crippen LogP contribution >= 0.6 is 0 Å². The van der Waals surface area contributed by atoms with Gasteiger partial charge in [-0.25, -0.2) is 8.42 Å². The van der Waals surface area contributed by atoms with Crippen molar-refractivity contribution in [1.82, 2.24) is 0 Å². The molecule has 0 heterocycles. The number of nitrogens with zero attached hydrogens (tertiary/aromatic N) is 1. The molecule has 0 fully saturated rings. The van der Waals surface area contributed by atoms with Crippen LogP contribution in [0.4, 0.5) is 5.69 Å². The fraction of sp³-hybridized carbons (Fsp3) is 0.308. The van der Waals surface area contributed by atoms with E-state index in [1.807, 2.05) is 25.1 Å². The third kappa shape index (κ3) is 4.00. The van der Waals surface area contributed by atoms with Crippen LogP contribution in [0.1, 0.15) is 6.92 Å². The maximum absolute atomic E-state index is 12.0. The molecule has 0 saturated carbocycles. The zero-order valence-corrected chi connectivity index (χ0v) is 11.2. The summed E-state index contributed by atoms with van der Waals surface area (Å²) in [4.78, 5) is 13.4. The van der Waals surface area contributed by atoms with Gasteiger partial charge in [-0.3, -0.25) is 4.79 Å². The molecule has 1 rings (SSSR count). The summed E-state index contributed by atoms with van der Waals surface area (Å²) in [5, 5.41) is 0. The molecule has 0 unspecified atom stereocenters. The number of sulfone groups is 1. The highest BCUT2D eigenvalue weighted by molar-refractivity contribution is 7.92. The summed E-state index contributed by atoms with van der Waals surface area (Å²) in [5.74, 6) is -1.07. The molecule has 98 valence electrons. The van der Waals surface area contributed by atoms with Crippen LogP contribution in [0.3, 0.4) is 0 Å². The van der Waals surface area contributed by atoms with E-state index < -0.39 is 21.5 Å². The first kappa shape index (κ1) is 14.4. The molecule has 0 atom stereocenters. The van der Waals surface area contributed by atoms with Crippen molar-refractivity contribution in [3.8, 4) is 0 Å². The number of para-hydroxylation sites is 1. The smallest absolute Gasteiger partial charge is 0.242 e. The second kappa shape index (κ2) is 6.35. The number of carbonyl (C=O) groups is 1. The number of carbonyl (C=O) groups excluding carboxylic acids is 1. The first-order chi connectivity index (χ1) is 8.50. The Labute approximate surface area is 108 Å². The molecule has 0 aliphatic heterocycles. The van der Waals surface area contributed by atoms with Crippen molar-refractivity contribution in [2.24, 2.45) is 0 Å². The van der Waals surface area contributed by atoms with Crippen LogP contribution in [0.25, 0.3) is 0 Å². The summed E-state index contributed by atoms with van der Waals surface area (Å²) in [6.07, 6.45) is 1.29. The molecule has 1 aromatic rings. The van der Waals surface area contributed by atoms with Gasteiger partial charge in [0.1, 0.15) is 5.75 Å². The van der Waals surface area contributed by atoms with Crippen molar-refractivity contribution in [3.05, 3.63) is 43.0 Å². The van der Waals surface area contributed by atoms with Crippen LogP contribution in [0.2, 0.25) is 0 Å². The molecule has 5 heteroatoms. The fourth-order valence-electron chi connectivity index (χ4n) is 1.62. The summed E-state index contributed by atoms with van der Waals surface area (Å²) >= 11 is 0. The average Bonchev–Trinajstić information content (AvgIpc) is 2.30. The number of hydrogen-bond donors (Lipinski definition) is 0. The Morgan fingerprint density at radius 3 is 2.44 bits per heavy atom. The van der Waals surface area contributed by atoms with Crippen LogP contribution in [0.5, 0.6) is 0 Å². The molecule has 4 nitrogen and oxygen atoms in total. The molecule has 0 aliphatic carbocycles. The molecule has 0 bridgehead atoms. The van der Waals surface area contributed by atoms with Crippen molar-refractivity contribution in [2.45, 2.75) is 6.92 Å². The van der Waals surface area contributed by atoms with Crippen molar-refractivity contribution in [2.75, 3.05) is 23.0 Å². The van der Waals surface area contributed by atoms with Gasteiger partial charge in [0.15, 0.2) is 9.84 Å². The van der Waals surface area contributed by atoms with Crippen molar-refractivity contribution in [1.29, 1.82) is 0 Å². The highest BCUT2D eigenvalue weighted by Crippen LogP contribution is 2.13. The van der Waals surface area contributed by atoms with E-state index in [0.717, 1.165) is 0 Å². The maximum Gasteiger partial charge on any atom is 0.242 e. The molecule has 0 aliphatic rings. The number of anilines is 1. The van der Waals surface area contributed by atoms with Gasteiger partial charge in [0.2, 0.25) is 5.91 Å². The Bertz CT molecular complexity index is 508. The molecule has 0 radical (unpaired) electrons. The molecule has 0 saturated heterocycles. The van der Waals surface area contributed by atoms with Crippen LogP contribution < -0.4 is 4.90 Å². The van der Waals surface area contributed by atoms with Gasteiger partial charge >= 0.3 is 0 Å². The van der Waals surface area contributed by atoms with Gasteiger partial charge in [-0.05, 0) is 19.1 Å². The van der Waals surface area contributed by atoms with Gasteiger partial charge < -0.3 is 4.90 Å². The summed E-state index contributed by atoms with van der Waals surface area (Å²) in [6.45, 7) is 5.62. The predicted molar refractivity (Wildman–Crippen MR) is 73.3 cm³/mol. The molecular formula is C13H17NO3S. The minimum absolute atomic E-state index is 0.176. The van der Waals surface area contributed by atoms with Gasteiger partial charge in [0, 0.05) is 12.2 Å². The van der Waals surface area contributed by atoms with Crippen LogP contribution in [-0.4, -0.2) is 32.4 Å². The van der Waals surface area contributed by atoms with Gasteiger partial charge in [0.05, 0.1) is 5.75 Å². The lowest BCUT2D eigenvalue weighted by molar-refractivity contribution is -0.116. The first-order valence-corrected chi connectivity index (χ1v) is 7.49. The Morgan fingerprint density at radius 2 is 1.94 bits per heavy atom. The summed E-state index contributed by atoms with van der Waals surface area (Å²) in [6, 6.07) is 9.02. The van der Waals surface area contributed by atoms with E-state index in [1.165, 1.54) is 11.0 Å².